The van der Waals surface area contributed by atoms with E-state index in [1.165, 1.54) is 6.92 Å². The van der Waals surface area contributed by atoms with Gasteiger partial charge in [-0.15, -0.1) is 0 Å². The lowest BCUT2D eigenvalue weighted by Crippen LogP contribution is -2.41. The molecule has 126 valence electrons. The summed E-state index contributed by atoms with van der Waals surface area (Å²) in [6.45, 7) is 5.45. The fraction of sp³-hybridized carbons (Fsp3) is 0.800. The molecule has 7 nitrogen and oxygen atoms in total. The third kappa shape index (κ3) is 6.89. The van der Waals surface area contributed by atoms with Gasteiger partial charge in [-0.25, -0.2) is 0 Å². The maximum atomic E-state index is 12.4. The Morgan fingerprint density at radius 1 is 1.32 bits per heavy atom. The first-order valence-corrected chi connectivity index (χ1v) is 7.85. The molecule has 1 saturated heterocycles. The lowest BCUT2D eigenvalue weighted by atomic mass is 10.2. The van der Waals surface area contributed by atoms with Crippen molar-refractivity contribution in [3.05, 3.63) is 0 Å². The Hall–Kier alpha value is -1.63. The van der Waals surface area contributed by atoms with Gasteiger partial charge in [0.25, 0.3) is 5.91 Å². The van der Waals surface area contributed by atoms with Crippen molar-refractivity contribution < 1.29 is 23.9 Å². The molecule has 0 bridgehead atoms. The van der Waals surface area contributed by atoms with Crippen molar-refractivity contribution in [1.29, 1.82) is 0 Å². The maximum Gasteiger partial charge on any atom is 0.307 e. The first kappa shape index (κ1) is 18.4. The van der Waals surface area contributed by atoms with E-state index in [2.05, 4.69) is 5.32 Å². The minimum absolute atomic E-state index is 0.0791. The Bertz CT molecular complexity index is 380. The molecule has 0 aromatic carbocycles. The topological polar surface area (TPSA) is 84.9 Å². The van der Waals surface area contributed by atoms with E-state index in [0.717, 1.165) is 12.8 Å². The van der Waals surface area contributed by atoms with E-state index in [-0.39, 0.29) is 24.2 Å². The van der Waals surface area contributed by atoms with E-state index in [1.54, 1.807) is 11.8 Å². The molecule has 1 N–H and O–H groups in total. The van der Waals surface area contributed by atoms with Gasteiger partial charge in [0.05, 0.1) is 13.0 Å². The summed E-state index contributed by atoms with van der Waals surface area (Å²) in [6.07, 6.45) is 2.02. The summed E-state index contributed by atoms with van der Waals surface area (Å²) in [5, 5.41) is 2.69. The predicted octanol–water partition coefficient (Wildman–Crippen LogP) is 0.473. The van der Waals surface area contributed by atoms with Gasteiger partial charge in [0.15, 0.2) is 0 Å². The Morgan fingerprint density at radius 3 is 2.68 bits per heavy atom. The van der Waals surface area contributed by atoms with E-state index in [1.807, 2.05) is 0 Å². The molecule has 0 spiro atoms. The number of nitrogens with zero attached hydrogens (tertiary/aromatic N) is 1. The number of nitrogens with one attached hydrogen (secondary N) is 1. The summed E-state index contributed by atoms with van der Waals surface area (Å²) in [6, 6.07) is 0. The summed E-state index contributed by atoms with van der Waals surface area (Å²) in [5.74, 6) is -0.484. The van der Waals surface area contributed by atoms with E-state index >= 15 is 0 Å². The first-order valence-electron chi connectivity index (χ1n) is 7.85. The zero-order chi connectivity index (χ0) is 16.4. The van der Waals surface area contributed by atoms with Crippen LogP contribution >= 0.6 is 0 Å². The van der Waals surface area contributed by atoms with Crippen LogP contribution in [0.2, 0.25) is 0 Å². The van der Waals surface area contributed by atoms with Crippen LogP contribution in [0.25, 0.3) is 0 Å². The third-order valence-electron chi connectivity index (χ3n) is 3.39. The Balaban J connectivity index is 2.45. The fourth-order valence-electron chi connectivity index (χ4n) is 2.30. The van der Waals surface area contributed by atoms with Crippen LogP contribution in [0, 0.1) is 0 Å². The third-order valence-corrected chi connectivity index (χ3v) is 3.39. The van der Waals surface area contributed by atoms with Crippen molar-refractivity contribution in [2.75, 3.05) is 32.8 Å². The largest absolute Gasteiger partial charge is 0.466 e. The van der Waals surface area contributed by atoms with Crippen molar-refractivity contribution in [2.45, 2.75) is 45.6 Å². The minimum atomic E-state index is -0.400. The Labute approximate surface area is 131 Å². The number of carbonyl (C=O) groups excluding carboxylic acids is 3. The van der Waals surface area contributed by atoms with Crippen LogP contribution in [0.1, 0.15) is 39.5 Å². The Kier molecular flexibility index (Phi) is 8.50. The highest BCUT2D eigenvalue weighted by atomic mass is 16.5. The molecule has 1 aliphatic rings. The number of hydrogen-bond donors (Lipinski definition) is 1. The second-order valence-electron chi connectivity index (χ2n) is 5.22. The molecule has 0 saturated carbocycles. The number of esters is 1. The summed E-state index contributed by atoms with van der Waals surface area (Å²) in [5.41, 5.74) is 0. The van der Waals surface area contributed by atoms with Crippen LogP contribution in [0.15, 0.2) is 0 Å². The molecular formula is C15H26N2O5. The molecule has 1 fully saturated rings. The number of hydrogen-bond acceptors (Lipinski definition) is 5. The first-order chi connectivity index (χ1) is 10.5. The monoisotopic (exact) mass is 314 g/mol. The van der Waals surface area contributed by atoms with E-state index in [4.69, 9.17) is 9.47 Å². The standard InChI is InChI=1S/C15H26N2O5/c1-3-21-14(19)7-10-17(9-5-8-16-12(2)18)15(20)13-6-4-11-22-13/h13H,3-11H2,1-2H3,(H,16,18). The van der Waals surface area contributed by atoms with Crippen molar-refractivity contribution in [3.8, 4) is 0 Å². The van der Waals surface area contributed by atoms with Gasteiger partial charge >= 0.3 is 5.97 Å². The van der Waals surface area contributed by atoms with Gasteiger partial charge in [0.1, 0.15) is 6.10 Å². The number of amides is 2. The molecular weight excluding hydrogens is 288 g/mol. The number of ether oxygens (including phenoxy) is 2. The van der Waals surface area contributed by atoms with Crippen LogP contribution in [0.4, 0.5) is 0 Å². The zero-order valence-electron chi connectivity index (χ0n) is 13.4. The average molecular weight is 314 g/mol. The molecule has 0 aromatic rings. The molecule has 1 atom stereocenters. The lowest BCUT2D eigenvalue weighted by Gasteiger charge is -2.25. The van der Waals surface area contributed by atoms with Crippen molar-refractivity contribution in [2.24, 2.45) is 0 Å². The van der Waals surface area contributed by atoms with E-state index in [0.29, 0.717) is 39.3 Å². The predicted molar refractivity (Wildman–Crippen MR) is 80.1 cm³/mol. The summed E-state index contributed by atoms with van der Waals surface area (Å²) < 4.78 is 10.3. The molecule has 0 aliphatic carbocycles. The molecule has 1 rings (SSSR count). The molecule has 1 unspecified atom stereocenters. The van der Waals surface area contributed by atoms with Gasteiger partial charge in [-0.05, 0) is 26.2 Å². The SMILES string of the molecule is CCOC(=O)CCN(CCCNC(C)=O)C(=O)C1CCCO1. The highest BCUT2D eigenvalue weighted by molar-refractivity contribution is 5.81. The molecule has 0 radical (unpaired) electrons. The van der Waals surface area contributed by atoms with Gasteiger partial charge < -0.3 is 19.7 Å². The smallest absolute Gasteiger partial charge is 0.307 e. The van der Waals surface area contributed by atoms with Gasteiger partial charge in [-0.1, -0.05) is 0 Å². The molecule has 2 amide bonds. The molecule has 1 heterocycles. The van der Waals surface area contributed by atoms with Crippen LogP contribution in [-0.4, -0.2) is 61.6 Å². The molecule has 1 aliphatic heterocycles. The quantitative estimate of drug-likeness (QED) is 0.494. The van der Waals surface area contributed by atoms with E-state index < -0.39 is 6.10 Å². The number of rotatable bonds is 9. The zero-order valence-corrected chi connectivity index (χ0v) is 13.4. The molecule has 22 heavy (non-hydrogen) atoms. The highest BCUT2D eigenvalue weighted by Gasteiger charge is 2.28. The van der Waals surface area contributed by atoms with Gasteiger partial charge in [-0.2, -0.15) is 0 Å². The maximum absolute atomic E-state index is 12.4. The minimum Gasteiger partial charge on any atom is -0.466 e. The summed E-state index contributed by atoms with van der Waals surface area (Å²) in [7, 11) is 0. The van der Waals surface area contributed by atoms with E-state index in [9.17, 15) is 14.4 Å². The van der Waals surface area contributed by atoms with Crippen LogP contribution < -0.4 is 5.32 Å². The Morgan fingerprint density at radius 2 is 2.09 bits per heavy atom. The normalized spacial score (nSPS) is 17.1. The van der Waals surface area contributed by atoms with Crippen molar-refractivity contribution in [3.63, 3.8) is 0 Å². The number of carbonyl (C=O) groups is 3. The summed E-state index contributed by atoms with van der Waals surface area (Å²) >= 11 is 0. The second kappa shape index (κ2) is 10.2. The average Bonchev–Trinajstić information content (AvgIpc) is 3.00. The summed E-state index contributed by atoms with van der Waals surface area (Å²) in [4.78, 5) is 36.3. The molecule has 0 aromatic heterocycles. The molecule has 7 heteroatoms. The van der Waals surface area contributed by atoms with Crippen molar-refractivity contribution in [1.82, 2.24) is 10.2 Å². The van der Waals surface area contributed by atoms with Gasteiger partial charge in [-0.3, -0.25) is 14.4 Å². The van der Waals surface area contributed by atoms with Crippen LogP contribution in [-0.2, 0) is 23.9 Å². The fourth-order valence-corrected chi connectivity index (χ4v) is 2.30. The van der Waals surface area contributed by atoms with Gasteiger partial charge in [0, 0.05) is 33.2 Å². The van der Waals surface area contributed by atoms with Crippen molar-refractivity contribution >= 4 is 17.8 Å². The lowest BCUT2D eigenvalue weighted by molar-refractivity contribution is -0.145. The highest BCUT2D eigenvalue weighted by Crippen LogP contribution is 2.15. The second-order valence-corrected chi connectivity index (χ2v) is 5.22. The van der Waals surface area contributed by atoms with Gasteiger partial charge in [0.2, 0.25) is 5.91 Å². The van der Waals surface area contributed by atoms with Crippen LogP contribution in [0.3, 0.4) is 0 Å². The van der Waals surface area contributed by atoms with Crippen LogP contribution in [0.5, 0.6) is 0 Å².